The van der Waals surface area contributed by atoms with E-state index in [1.54, 1.807) is 12.3 Å². The lowest BCUT2D eigenvalue weighted by Gasteiger charge is -2.30. The average Bonchev–Trinajstić information content (AvgIpc) is 2.81. The third-order valence-electron chi connectivity index (χ3n) is 4.71. The van der Waals surface area contributed by atoms with Crippen LogP contribution in [0.3, 0.4) is 0 Å². The lowest BCUT2D eigenvalue weighted by atomic mass is 10.2. The Hall–Kier alpha value is -2.75. The fourth-order valence-corrected chi connectivity index (χ4v) is 3.31. The van der Waals surface area contributed by atoms with Gasteiger partial charge in [-0.05, 0) is 17.7 Å². The van der Waals surface area contributed by atoms with Gasteiger partial charge in [0.2, 0.25) is 17.8 Å². The second kappa shape index (κ2) is 10.3. The molecule has 0 bridgehead atoms. The van der Waals surface area contributed by atoms with Crippen molar-refractivity contribution in [2.75, 3.05) is 67.8 Å². The van der Waals surface area contributed by atoms with Crippen molar-refractivity contribution in [2.24, 2.45) is 5.10 Å². The maximum absolute atomic E-state index is 6.15. The molecule has 1 aromatic carbocycles. The molecule has 0 unspecified atom stereocenters. The van der Waals surface area contributed by atoms with Crippen LogP contribution in [0.2, 0.25) is 5.02 Å². The van der Waals surface area contributed by atoms with Crippen LogP contribution in [-0.2, 0) is 9.47 Å². The van der Waals surface area contributed by atoms with Gasteiger partial charge in [0.25, 0.3) is 0 Å². The molecule has 0 spiro atoms. The highest BCUT2D eigenvalue weighted by molar-refractivity contribution is 6.32. The van der Waals surface area contributed by atoms with E-state index >= 15 is 0 Å². The Morgan fingerprint density at radius 2 is 1.50 bits per heavy atom. The SMILES string of the molecule is Clc1ccccc1/C=C/C=NNc1nc(N2CCOCC2)nc(N2CCOCC2)n1. The van der Waals surface area contributed by atoms with Crippen molar-refractivity contribution < 1.29 is 9.47 Å². The van der Waals surface area contributed by atoms with Gasteiger partial charge in [0.15, 0.2) is 0 Å². The third-order valence-corrected chi connectivity index (χ3v) is 5.05. The molecule has 3 heterocycles. The first-order valence-corrected chi connectivity index (χ1v) is 10.3. The number of hydrogen-bond donors (Lipinski definition) is 1. The zero-order valence-electron chi connectivity index (χ0n) is 16.6. The van der Waals surface area contributed by atoms with Crippen molar-refractivity contribution in [3.8, 4) is 0 Å². The molecule has 2 fully saturated rings. The average molecular weight is 430 g/mol. The van der Waals surface area contributed by atoms with Gasteiger partial charge in [-0.3, -0.25) is 0 Å². The Kier molecular flexibility index (Phi) is 7.07. The van der Waals surface area contributed by atoms with Gasteiger partial charge in [-0.2, -0.15) is 20.1 Å². The Bertz CT molecular complexity index is 860. The van der Waals surface area contributed by atoms with Crippen LogP contribution in [-0.4, -0.2) is 73.8 Å². The van der Waals surface area contributed by atoms with Crippen molar-refractivity contribution in [2.45, 2.75) is 0 Å². The van der Waals surface area contributed by atoms with E-state index in [-0.39, 0.29) is 0 Å². The van der Waals surface area contributed by atoms with E-state index < -0.39 is 0 Å². The predicted molar refractivity (Wildman–Crippen MR) is 118 cm³/mol. The zero-order valence-corrected chi connectivity index (χ0v) is 17.3. The Labute approximate surface area is 180 Å². The van der Waals surface area contributed by atoms with Crippen LogP contribution in [0.4, 0.5) is 17.8 Å². The van der Waals surface area contributed by atoms with Crippen molar-refractivity contribution in [1.82, 2.24) is 15.0 Å². The molecule has 2 saturated heterocycles. The van der Waals surface area contributed by atoms with Gasteiger partial charge in [0, 0.05) is 37.4 Å². The summed E-state index contributed by atoms with van der Waals surface area (Å²) in [6.07, 6.45) is 5.33. The van der Waals surface area contributed by atoms with Gasteiger partial charge in [0.1, 0.15) is 0 Å². The van der Waals surface area contributed by atoms with E-state index in [1.165, 1.54) is 0 Å². The number of ether oxygens (including phenoxy) is 2. The summed E-state index contributed by atoms with van der Waals surface area (Å²) in [5.41, 5.74) is 3.84. The summed E-state index contributed by atoms with van der Waals surface area (Å²) in [6, 6.07) is 7.62. The zero-order chi connectivity index (χ0) is 20.6. The molecule has 0 amide bonds. The Balaban J connectivity index is 1.48. The summed E-state index contributed by atoms with van der Waals surface area (Å²) in [7, 11) is 0. The fourth-order valence-electron chi connectivity index (χ4n) is 3.11. The van der Waals surface area contributed by atoms with E-state index in [0.29, 0.717) is 49.3 Å². The highest BCUT2D eigenvalue weighted by Crippen LogP contribution is 2.19. The van der Waals surface area contributed by atoms with Crippen LogP contribution >= 0.6 is 11.6 Å². The number of nitrogens with one attached hydrogen (secondary N) is 1. The topological polar surface area (TPSA) is 88.0 Å². The highest BCUT2D eigenvalue weighted by Gasteiger charge is 2.20. The second-order valence-electron chi connectivity index (χ2n) is 6.73. The van der Waals surface area contributed by atoms with Gasteiger partial charge >= 0.3 is 0 Å². The number of anilines is 3. The molecule has 1 aromatic heterocycles. The molecule has 9 nitrogen and oxygen atoms in total. The van der Waals surface area contributed by atoms with Crippen LogP contribution in [0, 0.1) is 0 Å². The molecule has 30 heavy (non-hydrogen) atoms. The summed E-state index contributed by atoms with van der Waals surface area (Å²) < 4.78 is 10.9. The summed E-state index contributed by atoms with van der Waals surface area (Å²) in [6.45, 7) is 5.62. The second-order valence-corrected chi connectivity index (χ2v) is 7.14. The van der Waals surface area contributed by atoms with Gasteiger partial charge in [-0.1, -0.05) is 35.9 Å². The summed E-state index contributed by atoms with van der Waals surface area (Å²) in [5.74, 6) is 1.65. The van der Waals surface area contributed by atoms with Crippen LogP contribution < -0.4 is 15.2 Å². The lowest BCUT2D eigenvalue weighted by Crippen LogP contribution is -2.40. The Morgan fingerprint density at radius 1 is 0.900 bits per heavy atom. The van der Waals surface area contributed by atoms with Crippen LogP contribution in [0.25, 0.3) is 6.08 Å². The number of nitrogens with zero attached hydrogens (tertiary/aromatic N) is 6. The van der Waals surface area contributed by atoms with Gasteiger partial charge in [0.05, 0.1) is 26.4 Å². The minimum atomic E-state index is 0.398. The number of morpholine rings is 2. The maximum atomic E-state index is 6.15. The molecule has 2 aliphatic heterocycles. The first-order chi connectivity index (χ1) is 14.8. The molecular weight excluding hydrogens is 406 g/mol. The maximum Gasteiger partial charge on any atom is 0.250 e. The normalized spacial score (nSPS) is 17.8. The third kappa shape index (κ3) is 5.44. The molecule has 4 rings (SSSR count). The van der Waals surface area contributed by atoms with Crippen molar-refractivity contribution in [1.29, 1.82) is 0 Å². The quantitative estimate of drug-likeness (QED) is 0.553. The molecule has 0 aliphatic carbocycles. The first-order valence-electron chi connectivity index (χ1n) is 9.91. The minimum absolute atomic E-state index is 0.398. The van der Waals surface area contributed by atoms with Gasteiger partial charge < -0.3 is 19.3 Å². The molecule has 0 atom stereocenters. The summed E-state index contributed by atoms with van der Waals surface area (Å²) in [4.78, 5) is 18.0. The van der Waals surface area contributed by atoms with E-state index in [4.69, 9.17) is 21.1 Å². The number of benzene rings is 1. The first kappa shape index (κ1) is 20.5. The number of hydrazone groups is 1. The molecule has 0 radical (unpaired) electrons. The molecular formula is C20H24ClN7O2. The molecule has 158 valence electrons. The van der Waals surface area contributed by atoms with Crippen LogP contribution in [0.5, 0.6) is 0 Å². The van der Waals surface area contributed by atoms with E-state index in [1.807, 2.05) is 30.3 Å². The standard InChI is InChI=1S/C20H24ClN7O2/c21-17-6-2-1-4-16(17)5-3-7-22-26-18-23-19(27-8-12-29-13-9-27)25-20(24-18)28-10-14-30-15-11-28/h1-7H,8-15H2,(H,23,24,25,26)/b5-3+,22-7?. The number of allylic oxidation sites excluding steroid dienone is 1. The van der Waals surface area contributed by atoms with Crippen LogP contribution in [0.15, 0.2) is 35.4 Å². The van der Waals surface area contributed by atoms with Gasteiger partial charge in [-0.25, -0.2) is 5.43 Å². The predicted octanol–water partition coefficient (Wildman–Crippen LogP) is 2.31. The van der Waals surface area contributed by atoms with Crippen molar-refractivity contribution >= 4 is 41.7 Å². The van der Waals surface area contributed by atoms with Gasteiger partial charge in [-0.15, -0.1) is 0 Å². The fraction of sp³-hybridized carbons (Fsp3) is 0.400. The number of halogens is 1. The monoisotopic (exact) mass is 429 g/mol. The summed E-state index contributed by atoms with van der Waals surface area (Å²) >= 11 is 6.15. The van der Waals surface area contributed by atoms with E-state index in [2.05, 4.69) is 35.3 Å². The lowest BCUT2D eigenvalue weighted by molar-refractivity contribution is 0.121. The Morgan fingerprint density at radius 3 is 2.10 bits per heavy atom. The molecule has 0 saturated carbocycles. The van der Waals surface area contributed by atoms with Crippen molar-refractivity contribution in [3.63, 3.8) is 0 Å². The largest absolute Gasteiger partial charge is 0.378 e. The number of rotatable bonds is 6. The number of hydrogen-bond acceptors (Lipinski definition) is 9. The molecule has 1 N–H and O–H groups in total. The minimum Gasteiger partial charge on any atom is -0.378 e. The van der Waals surface area contributed by atoms with Crippen molar-refractivity contribution in [3.05, 3.63) is 40.9 Å². The van der Waals surface area contributed by atoms with E-state index in [0.717, 1.165) is 31.7 Å². The van der Waals surface area contributed by atoms with E-state index in [9.17, 15) is 0 Å². The highest BCUT2D eigenvalue weighted by atomic mass is 35.5. The smallest absolute Gasteiger partial charge is 0.250 e. The molecule has 10 heteroatoms. The van der Waals surface area contributed by atoms with Crippen LogP contribution in [0.1, 0.15) is 5.56 Å². The number of aromatic nitrogens is 3. The molecule has 2 aliphatic rings. The summed E-state index contributed by atoms with van der Waals surface area (Å²) in [5, 5.41) is 4.91. The molecule has 2 aromatic rings.